The van der Waals surface area contributed by atoms with Crippen LogP contribution in [0.2, 0.25) is 0 Å². The Kier molecular flexibility index (Phi) is 9.93. The summed E-state index contributed by atoms with van der Waals surface area (Å²) in [5.74, 6) is -2.61. The van der Waals surface area contributed by atoms with Crippen molar-refractivity contribution in [1.29, 1.82) is 0 Å². The molecule has 2 amide bonds. The Bertz CT molecular complexity index is 652. The van der Waals surface area contributed by atoms with E-state index in [9.17, 15) is 29.7 Å². The van der Waals surface area contributed by atoms with Crippen LogP contribution in [0.3, 0.4) is 0 Å². The molecule has 1 rings (SSSR count). The van der Waals surface area contributed by atoms with Crippen molar-refractivity contribution in [3.63, 3.8) is 0 Å². The number of amides is 2. The Morgan fingerprint density at radius 3 is 2.14 bits per heavy atom. The largest absolute Gasteiger partial charge is 0.508 e. The minimum Gasteiger partial charge on any atom is -0.508 e. The molecule has 0 spiro atoms. The fraction of sp³-hybridized carbons (Fsp3) is 0.500. The van der Waals surface area contributed by atoms with E-state index >= 15 is 0 Å². The van der Waals surface area contributed by atoms with E-state index in [0.29, 0.717) is 24.9 Å². The molecule has 0 fully saturated rings. The summed E-state index contributed by atoms with van der Waals surface area (Å²) in [5.41, 5.74) is 11.9. The molecule has 3 atom stereocenters. The highest BCUT2D eigenvalue weighted by molar-refractivity contribution is 5.91. The molecule has 0 bridgehead atoms. The van der Waals surface area contributed by atoms with Gasteiger partial charge >= 0.3 is 5.97 Å². The molecule has 156 valence electrons. The number of phenols is 1. The Hall–Kier alpha value is -2.69. The molecule has 1 aromatic carbocycles. The number of carbonyl (C=O) groups excluding carboxylic acids is 2. The number of aliphatic hydroxyl groups excluding tert-OH is 1. The zero-order valence-corrected chi connectivity index (χ0v) is 15.5. The first-order valence-electron chi connectivity index (χ1n) is 8.96. The highest BCUT2D eigenvalue weighted by Crippen LogP contribution is 2.11. The molecule has 1 aromatic rings. The van der Waals surface area contributed by atoms with Gasteiger partial charge in [-0.2, -0.15) is 0 Å². The van der Waals surface area contributed by atoms with E-state index < -0.39 is 42.5 Å². The Balaban J connectivity index is 2.62. The maximum absolute atomic E-state index is 12.2. The number of nitrogens with one attached hydrogen (secondary N) is 2. The van der Waals surface area contributed by atoms with Crippen LogP contribution in [-0.4, -0.2) is 64.4 Å². The molecule has 0 aliphatic carbocycles. The Morgan fingerprint density at radius 1 is 1.00 bits per heavy atom. The molecule has 0 aliphatic heterocycles. The number of aliphatic hydroxyl groups is 1. The summed E-state index contributed by atoms with van der Waals surface area (Å²) in [4.78, 5) is 35.7. The van der Waals surface area contributed by atoms with Gasteiger partial charge in [0.05, 0.1) is 12.6 Å². The van der Waals surface area contributed by atoms with Crippen molar-refractivity contribution < 1.29 is 29.7 Å². The summed E-state index contributed by atoms with van der Waals surface area (Å²) >= 11 is 0. The average Bonchev–Trinajstić information content (AvgIpc) is 2.66. The van der Waals surface area contributed by atoms with Crippen LogP contribution < -0.4 is 22.1 Å². The van der Waals surface area contributed by atoms with Crippen molar-refractivity contribution in [2.75, 3.05) is 13.2 Å². The van der Waals surface area contributed by atoms with Gasteiger partial charge in [0.1, 0.15) is 17.8 Å². The molecule has 0 aliphatic rings. The number of hydrogen-bond donors (Lipinski definition) is 7. The molecule has 0 saturated heterocycles. The van der Waals surface area contributed by atoms with Crippen molar-refractivity contribution in [1.82, 2.24) is 10.6 Å². The maximum atomic E-state index is 12.2. The van der Waals surface area contributed by atoms with Crippen LogP contribution >= 0.6 is 0 Å². The van der Waals surface area contributed by atoms with Crippen LogP contribution in [0.15, 0.2) is 24.3 Å². The van der Waals surface area contributed by atoms with Crippen LogP contribution in [0, 0.1) is 0 Å². The number of phenolic OH excluding ortho intramolecular Hbond substituents is 1. The Labute approximate surface area is 162 Å². The first-order valence-corrected chi connectivity index (χ1v) is 8.96. The zero-order chi connectivity index (χ0) is 21.1. The van der Waals surface area contributed by atoms with Crippen LogP contribution in [0.25, 0.3) is 0 Å². The standard InChI is InChI=1S/C18H28N4O6/c19-8-2-1-3-14(18(27)28)21-17(26)15(10-23)22-16(25)13(20)9-11-4-6-12(24)7-5-11/h4-7,13-15,23-24H,1-3,8-10,19-20H2,(H,21,26)(H,22,25)(H,27,28). The molecule has 3 unspecified atom stereocenters. The topological polar surface area (TPSA) is 188 Å². The normalized spacial score (nSPS) is 14.0. The molecule has 0 aromatic heterocycles. The van der Waals surface area contributed by atoms with E-state index in [1.807, 2.05) is 0 Å². The van der Waals surface area contributed by atoms with Crippen molar-refractivity contribution in [2.24, 2.45) is 11.5 Å². The van der Waals surface area contributed by atoms with Gasteiger partial charge in [-0.15, -0.1) is 0 Å². The third-order valence-electron chi connectivity index (χ3n) is 4.11. The number of aromatic hydroxyl groups is 1. The number of carbonyl (C=O) groups is 3. The minimum atomic E-state index is -1.32. The molecule has 9 N–H and O–H groups in total. The van der Waals surface area contributed by atoms with E-state index in [-0.39, 0.29) is 18.6 Å². The van der Waals surface area contributed by atoms with E-state index in [1.54, 1.807) is 12.1 Å². The van der Waals surface area contributed by atoms with Crippen molar-refractivity contribution in [2.45, 2.75) is 43.8 Å². The summed E-state index contributed by atoms with van der Waals surface area (Å²) < 4.78 is 0. The molecular weight excluding hydrogens is 368 g/mol. The predicted octanol–water partition coefficient (Wildman–Crippen LogP) is -1.56. The lowest BCUT2D eigenvalue weighted by Crippen LogP contribution is -2.56. The average molecular weight is 396 g/mol. The molecule has 0 heterocycles. The van der Waals surface area contributed by atoms with Crippen LogP contribution in [0.5, 0.6) is 5.75 Å². The van der Waals surface area contributed by atoms with Gasteiger partial charge < -0.3 is 37.4 Å². The summed E-state index contributed by atoms with van der Waals surface area (Å²) in [6, 6.07) is 2.67. The number of hydrogen-bond acceptors (Lipinski definition) is 7. The van der Waals surface area contributed by atoms with Gasteiger partial charge in [-0.1, -0.05) is 12.1 Å². The first-order chi connectivity index (χ1) is 13.3. The van der Waals surface area contributed by atoms with Gasteiger partial charge in [0, 0.05) is 0 Å². The van der Waals surface area contributed by atoms with Gasteiger partial charge in [-0.3, -0.25) is 9.59 Å². The number of unbranched alkanes of at least 4 members (excludes halogenated alkanes) is 1. The fourth-order valence-corrected chi connectivity index (χ4v) is 2.47. The second-order valence-electron chi connectivity index (χ2n) is 6.40. The lowest BCUT2D eigenvalue weighted by atomic mass is 10.1. The third-order valence-corrected chi connectivity index (χ3v) is 4.11. The Morgan fingerprint density at radius 2 is 1.61 bits per heavy atom. The molecular formula is C18H28N4O6. The third kappa shape index (κ3) is 7.91. The van der Waals surface area contributed by atoms with E-state index in [2.05, 4.69) is 10.6 Å². The van der Waals surface area contributed by atoms with E-state index in [4.69, 9.17) is 11.5 Å². The van der Waals surface area contributed by atoms with Crippen LogP contribution in [0.1, 0.15) is 24.8 Å². The predicted molar refractivity (Wildman–Crippen MR) is 101 cm³/mol. The number of carboxylic acid groups (broad SMARTS) is 1. The molecule has 0 radical (unpaired) electrons. The van der Waals surface area contributed by atoms with Gasteiger partial charge in [0.15, 0.2) is 0 Å². The zero-order valence-electron chi connectivity index (χ0n) is 15.5. The number of rotatable bonds is 12. The van der Waals surface area contributed by atoms with Gasteiger partial charge in [0.25, 0.3) is 0 Å². The molecule has 28 heavy (non-hydrogen) atoms. The SMILES string of the molecule is NCCCCC(NC(=O)C(CO)NC(=O)C(N)Cc1ccc(O)cc1)C(=O)O. The second kappa shape index (κ2) is 11.9. The monoisotopic (exact) mass is 396 g/mol. The first kappa shape index (κ1) is 23.3. The number of aliphatic carboxylic acids is 1. The number of benzene rings is 1. The van der Waals surface area contributed by atoms with Crippen LogP contribution in [0.4, 0.5) is 0 Å². The smallest absolute Gasteiger partial charge is 0.326 e. The molecule has 10 nitrogen and oxygen atoms in total. The lowest BCUT2D eigenvalue weighted by molar-refractivity contribution is -0.142. The van der Waals surface area contributed by atoms with Gasteiger partial charge in [0.2, 0.25) is 11.8 Å². The van der Waals surface area contributed by atoms with E-state index in [0.717, 1.165) is 0 Å². The number of nitrogens with two attached hydrogens (primary N) is 2. The van der Waals surface area contributed by atoms with Crippen LogP contribution in [-0.2, 0) is 20.8 Å². The minimum absolute atomic E-state index is 0.0817. The van der Waals surface area contributed by atoms with Gasteiger partial charge in [-0.05, 0) is 49.9 Å². The summed E-state index contributed by atoms with van der Waals surface area (Å²) in [6.45, 7) is -0.298. The maximum Gasteiger partial charge on any atom is 0.326 e. The van der Waals surface area contributed by atoms with Crippen molar-refractivity contribution in [3.05, 3.63) is 29.8 Å². The van der Waals surface area contributed by atoms with Gasteiger partial charge in [-0.25, -0.2) is 4.79 Å². The quantitative estimate of drug-likeness (QED) is 0.206. The fourth-order valence-electron chi connectivity index (χ4n) is 2.47. The second-order valence-corrected chi connectivity index (χ2v) is 6.40. The summed E-state index contributed by atoms with van der Waals surface area (Å²) in [7, 11) is 0. The summed E-state index contributed by atoms with van der Waals surface area (Å²) in [6.07, 6.45) is 1.47. The van der Waals surface area contributed by atoms with Crippen molar-refractivity contribution >= 4 is 17.8 Å². The summed E-state index contributed by atoms with van der Waals surface area (Å²) in [5, 5.41) is 32.5. The molecule has 0 saturated carbocycles. The van der Waals surface area contributed by atoms with Crippen molar-refractivity contribution in [3.8, 4) is 5.75 Å². The number of carboxylic acids is 1. The lowest BCUT2D eigenvalue weighted by Gasteiger charge is -2.21. The molecule has 10 heteroatoms. The van der Waals surface area contributed by atoms with E-state index in [1.165, 1.54) is 12.1 Å². The highest BCUT2D eigenvalue weighted by Gasteiger charge is 2.27. The highest BCUT2D eigenvalue weighted by atomic mass is 16.4.